The lowest BCUT2D eigenvalue weighted by Gasteiger charge is -2.17. The zero-order valence-corrected chi connectivity index (χ0v) is 13.5. The van der Waals surface area contributed by atoms with Crippen molar-refractivity contribution in [1.82, 2.24) is 0 Å². The fourth-order valence-corrected chi connectivity index (χ4v) is 2.85. The second kappa shape index (κ2) is 7.03. The number of anilines is 2. The summed E-state index contributed by atoms with van der Waals surface area (Å²) in [5, 5.41) is 13.4. The molecular formula is C17H14F3N3O3. The molecule has 3 rings (SSSR count). The maximum absolute atomic E-state index is 13.7. The van der Waals surface area contributed by atoms with Gasteiger partial charge in [0.2, 0.25) is 0 Å². The van der Waals surface area contributed by atoms with Gasteiger partial charge in [0.25, 0.3) is 11.6 Å². The molecule has 0 atom stereocenters. The molecule has 1 aliphatic rings. The van der Waals surface area contributed by atoms with Gasteiger partial charge in [0.05, 0.1) is 10.6 Å². The predicted molar refractivity (Wildman–Crippen MR) is 88.8 cm³/mol. The van der Waals surface area contributed by atoms with E-state index in [1.54, 1.807) is 0 Å². The third-order valence-corrected chi connectivity index (χ3v) is 4.16. The SMILES string of the molecule is O=C(Nc1ccc(F)c(F)c1F)c1ccc(N2CCCC2)c([N+](=O)[O-])c1. The summed E-state index contributed by atoms with van der Waals surface area (Å²) >= 11 is 0. The molecule has 136 valence electrons. The minimum atomic E-state index is -1.71. The Balaban J connectivity index is 1.89. The van der Waals surface area contributed by atoms with E-state index in [4.69, 9.17) is 0 Å². The van der Waals surface area contributed by atoms with Crippen molar-refractivity contribution >= 4 is 23.0 Å². The Bertz CT molecular complexity index is 883. The van der Waals surface area contributed by atoms with Crippen LogP contribution in [0.1, 0.15) is 23.2 Å². The van der Waals surface area contributed by atoms with Gasteiger partial charge in [-0.05, 0) is 37.1 Å². The average Bonchev–Trinajstić information content (AvgIpc) is 3.16. The molecule has 0 bridgehead atoms. The van der Waals surface area contributed by atoms with E-state index in [0.717, 1.165) is 25.0 Å². The van der Waals surface area contributed by atoms with Gasteiger partial charge in [-0.2, -0.15) is 0 Å². The Morgan fingerprint density at radius 2 is 1.77 bits per heavy atom. The third kappa shape index (κ3) is 3.32. The molecule has 0 radical (unpaired) electrons. The highest BCUT2D eigenvalue weighted by Gasteiger charge is 2.24. The van der Waals surface area contributed by atoms with Crippen LogP contribution in [0.25, 0.3) is 0 Å². The molecule has 1 fully saturated rings. The van der Waals surface area contributed by atoms with Crippen LogP contribution in [0.3, 0.4) is 0 Å². The Hall–Kier alpha value is -3.10. The molecular weight excluding hydrogens is 351 g/mol. The molecule has 6 nitrogen and oxygen atoms in total. The van der Waals surface area contributed by atoms with E-state index in [1.165, 1.54) is 12.1 Å². The normalized spacial score (nSPS) is 13.7. The number of carbonyl (C=O) groups is 1. The summed E-state index contributed by atoms with van der Waals surface area (Å²) < 4.78 is 39.9. The summed E-state index contributed by atoms with van der Waals surface area (Å²) in [4.78, 5) is 24.8. The van der Waals surface area contributed by atoms with E-state index in [9.17, 15) is 28.1 Å². The van der Waals surface area contributed by atoms with Gasteiger partial charge >= 0.3 is 0 Å². The number of hydrogen-bond acceptors (Lipinski definition) is 4. The minimum absolute atomic E-state index is 0.0937. The van der Waals surface area contributed by atoms with Crippen LogP contribution in [0.5, 0.6) is 0 Å². The van der Waals surface area contributed by atoms with Crippen LogP contribution < -0.4 is 10.2 Å². The molecule has 1 amide bonds. The number of hydrogen-bond donors (Lipinski definition) is 1. The van der Waals surface area contributed by atoms with Crippen molar-refractivity contribution in [1.29, 1.82) is 0 Å². The number of nitrogens with zero attached hydrogens (tertiary/aromatic N) is 2. The van der Waals surface area contributed by atoms with Gasteiger partial charge in [-0.15, -0.1) is 0 Å². The minimum Gasteiger partial charge on any atom is -0.366 e. The second-order valence-corrected chi connectivity index (χ2v) is 5.83. The molecule has 1 heterocycles. The number of nitro benzene ring substituents is 1. The fourth-order valence-electron chi connectivity index (χ4n) is 2.85. The number of benzene rings is 2. The summed E-state index contributed by atoms with van der Waals surface area (Å²) in [6.07, 6.45) is 1.85. The van der Waals surface area contributed by atoms with Crippen LogP contribution in [0, 0.1) is 27.6 Å². The fraction of sp³-hybridized carbons (Fsp3) is 0.235. The van der Waals surface area contributed by atoms with Gasteiger partial charge in [0.15, 0.2) is 17.5 Å². The zero-order chi connectivity index (χ0) is 18.8. The molecule has 2 aromatic carbocycles. The first-order valence-corrected chi connectivity index (χ1v) is 7.86. The van der Waals surface area contributed by atoms with Gasteiger partial charge in [-0.25, -0.2) is 13.2 Å². The molecule has 1 saturated heterocycles. The molecule has 0 spiro atoms. The molecule has 1 N–H and O–H groups in total. The van der Waals surface area contributed by atoms with Crippen molar-refractivity contribution in [2.45, 2.75) is 12.8 Å². The van der Waals surface area contributed by atoms with E-state index in [1.807, 2.05) is 4.90 Å². The van der Waals surface area contributed by atoms with E-state index < -0.39 is 34.0 Å². The van der Waals surface area contributed by atoms with Gasteiger partial charge in [0, 0.05) is 24.7 Å². The highest BCUT2D eigenvalue weighted by atomic mass is 19.2. The molecule has 2 aromatic rings. The first-order chi connectivity index (χ1) is 12.4. The van der Waals surface area contributed by atoms with Crippen LogP contribution in [0.2, 0.25) is 0 Å². The van der Waals surface area contributed by atoms with Gasteiger partial charge in [0.1, 0.15) is 5.69 Å². The number of nitrogens with one attached hydrogen (secondary N) is 1. The lowest BCUT2D eigenvalue weighted by Crippen LogP contribution is -2.20. The second-order valence-electron chi connectivity index (χ2n) is 5.83. The van der Waals surface area contributed by atoms with Crippen molar-refractivity contribution in [3.63, 3.8) is 0 Å². The molecule has 1 aliphatic heterocycles. The van der Waals surface area contributed by atoms with Crippen molar-refractivity contribution in [3.05, 3.63) is 63.5 Å². The summed E-state index contributed by atoms with van der Waals surface area (Å²) in [5.41, 5.74) is -0.489. The van der Waals surface area contributed by atoms with Crippen LogP contribution >= 0.6 is 0 Å². The standard InChI is InChI=1S/C17H14F3N3O3/c18-11-4-5-12(16(20)15(11)19)21-17(24)10-3-6-13(14(9-10)23(25)26)22-7-1-2-8-22/h3-6,9H,1-2,7-8H2,(H,21,24). The van der Waals surface area contributed by atoms with Crippen LogP contribution in [0.4, 0.5) is 30.2 Å². The molecule has 9 heteroatoms. The third-order valence-electron chi connectivity index (χ3n) is 4.16. The zero-order valence-electron chi connectivity index (χ0n) is 13.5. The Morgan fingerprint density at radius 1 is 1.08 bits per heavy atom. The van der Waals surface area contributed by atoms with Crippen molar-refractivity contribution in [2.75, 3.05) is 23.3 Å². The number of amides is 1. The van der Waals surface area contributed by atoms with Crippen LogP contribution in [0.15, 0.2) is 30.3 Å². The molecule has 0 aliphatic carbocycles. The topological polar surface area (TPSA) is 75.5 Å². The lowest BCUT2D eigenvalue weighted by molar-refractivity contribution is -0.384. The summed E-state index contributed by atoms with van der Waals surface area (Å²) in [6.45, 7) is 1.37. The predicted octanol–water partition coefficient (Wildman–Crippen LogP) is 3.86. The summed E-state index contributed by atoms with van der Waals surface area (Å²) in [5.74, 6) is -5.50. The monoisotopic (exact) mass is 365 g/mol. The van der Waals surface area contributed by atoms with Crippen LogP contribution in [-0.2, 0) is 0 Å². The maximum Gasteiger partial charge on any atom is 0.293 e. The van der Waals surface area contributed by atoms with Crippen molar-refractivity contribution in [2.24, 2.45) is 0 Å². The highest BCUT2D eigenvalue weighted by molar-refractivity contribution is 6.05. The first-order valence-electron chi connectivity index (χ1n) is 7.86. The van der Waals surface area contributed by atoms with Crippen molar-refractivity contribution < 1.29 is 22.9 Å². The molecule has 0 saturated carbocycles. The van der Waals surface area contributed by atoms with Gasteiger partial charge in [-0.3, -0.25) is 14.9 Å². The number of halogens is 3. The average molecular weight is 365 g/mol. The highest BCUT2D eigenvalue weighted by Crippen LogP contribution is 2.32. The summed E-state index contributed by atoms with van der Waals surface area (Å²) in [6, 6.07) is 5.46. The van der Waals surface area contributed by atoms with E-state index >= 15 is 0 Å². The van der Waals surface area contributed by atoms with E-state index in [2.05, 4.69) is 5.32 Å². The van der Waals surface area contributed by atoms with Crippen LogP contribution in [-0.4, -0.2) is 23.9 Å². The number of carbonyl (C=O) groups excluding carboxylic acids is 1. The van der Waals surface area contributed by atoms with E-state index in [-0.39, 0.29) is 11.3 Å². The summed E-state index contributed by atoms with van der Waals surface area (Å²) in [7, 11) is 0. The quantitative estimate of drug-likeness (QED) is 0.507. The molecule has 0 unspecified atom stereocenters. The van der Waals surface area contributed by atoms with Crippen molar-refractivity contribution in [3.8, 4) is 0 Å². The Labute approximate surface area is 146 Å². The maximum atomic E-state index is 13.7. The van der Waals surface area contributed by atoms with Gasteiger partial charge in [-0.1, -0.05) is 0 Å². The first kappa shape index (κ1) is 17.7. The Morgan fingerprint density at radius 3 is 2.42 bits per heavy atom. The Kier molecular flexibility index (Phi) is 4.79. The lowest BCUT2D eigenvalue weighted by atomic mass is 10.1. The molecule has 0 aromatic heterocycles. The van der Waals surface area contributed by atoms with Gasteiger partial charge < -0.3 is 10.2 Å². The number of nitro groups is 1. The smallest absolute Gasteiger partial charge is 0.293 e. The van der Waals surface area contributed by atoms with E-state index in [0.29, 0.717) is 24.8 Å². The molecule has 26 heavy (non-hydrogen) atoms. The largest absolute Gasteiger partial charge is 0.366 e. The number of rotatable bonds is 4.